The molecule has 0 aliphatic heterocycles. The van der Waals surface area contributed by atoms with Crippen LogP contribution in [0.25, 0.3) is 0 Å². The van der Waals surface area contributed by atoms with E-state index < -0.39 is 21.7 Å². The quantitative estimate of drug-likeness (QED) is 0.865. The predicted octanol–water partition coefficient (Wildman–Crippen LogP) is 1.69. The minimum atomic E-state index is -3.11. The van der Waals surface area contributed by atoms with Gasteiger partial charge in [-0.05, 0) is 24.6 Å². The number of urea groups is 1. The second-order valence-electron chi connectivity index (χ2n) is 4.08. The third-order valence-corrected chi connectivity index (χ3v) is 4.29. The number of carbonyl (C=O) groups excluding carboxylic acids is 1. The van der Waals surface area contributed by atoms with Gasteiger partial charge in [0, 0.05) is 18.0 Å². The average Bonchev–Trinajstić information content (AvgIpc) is 2.33. The fraction of sp³-hybridized carbons (Fsp3) is 0.417. The number of rotatable bonds is 5. The van der Waals surface area contributed by atoms with E-state index in [1.807, 2.05) is 0 Å². The maximum Gasteiger partial charge on any atom is 0.319 e. The van der Waals surface area contributed by atoms with Crippen LogP contribution in [0.2, 0.25) is 0 Å². The Bertz CT molecular complexity index is 558. The van der Waals surface area contributed by atoms with Gasteiger partial charge in [-0.15, -0.1) is 0 Å². The van der Waals surface area contributed by atoms with Crippen molar-refractivity contribution in [2.45, 2.75) is 13.8 Å². The SMILES string of the molecule is CCS(=O)(=O)CCNC(=O)Nc1cc(F)ccc1C. The van der Waals surface area contributed by atoms with Gasteiger partial charge < -0.3 is 10.6 Å². The molecule has 0 radical (unpaired) electrons. The molecular formula is C12H17FN2O3S. The molecule has 0 heterocycles. The molecule has 0 unspecified atom stereocenters. The van der Waals surface area contributed by atoms with E-state index in [2.05, 4.69) is 10.6 Å². The van der Waals surface area contributed by atoms with Crippen LogP contribution in [0.4, 0.5) is 14.9 Å². The lowest BCUT2D eigenvalue weighted by atomic mass is 10.2. The second kappa shape index (κ2) is 6.51. The molecule has 0 aliphatic carbocycles. The van der Waals surface area contributed by atoms with Gasteiger partial charge in [0.25, 0.3) is 0 Å². The Kier molecular flexibility index (Phi) is 5.29. The average molecular weight is 288 g/mol. The van der Waals surface area contributed by atoms with Crippen molar-refractivity contribution in [2.24, 2.45) is 0 Å². The standard InChI is InChI=1S/C12H17FN2O3S/c1-3-19(17,18)7-6-14-12(16)15-11-8-10(13)5-4-9(11)2/h4-5,8H,3,6-7H2,1-2H3,(H2,14,15,16). The monoisotopic (exact) mass is 288 g/mol. The maximum absolute atomic E-state index is 13.0. The van der Waals surface area contributed by atoms with Gasteiger partial charge in [-0.2, -0.15) is 0 Å². The van der Waals surface area contributed by atoms with Gasteiger partial charge >= 0.3 is 6.03 Å². The Morgan fingerprint density at radius 3 is 2.68 bits per heavy atom. The Labute approximate surface area is 112 Å². The van der Waals surface area contributed by atoms with E-state index >= 15 is 0 Å². The first kappa shape index (κ1) is 15.4. The zero-order chi connectivity index (χ0) is 14.5. The van der Waals surface area contributed by atoms with Crippen LogP contribution in [0.3, 0.4) is 0 Å². The zero-order valence-corrected chi connectivity index (χ0v) is 11.7. The summed E-state index contributed by atoms with van der Waals surface area (Å²) in [7, 11) is -3.11. The number of hydrogen-bond donors (Lipinski definition) is 2. The van der Waals surface area contributed by atoms with E-state index in [0.717, 1.165) is 5.56 Å². The second-order valence-corrected chi connectivity index (χ2v) is 6.55. The first-order valence-electron chi connectivity index (χ1n) is 5.85. The van der Waals surface area contributed by atoms with Gasteiger partial charge in [-0.25, -0.2) is 17.6 Å². The zero-order valence-electron chi connectivity index (χ0n) is 10.9. The Morgan fingerprint density at radius 2 is 2.05 bits per heavy atom. The molecule has 1 aromatic carbocycles. The Balaban J connectivity index is 2.50. The van der Waals surface area contributed by atoms with Crippen molar-refractivity contribution >= 4 is 21.6 Å². The number of carbonyl (C=O) groups is 1. The molecule has 0 bridgehead atoms. The van der Waals surface area contributed by atoms with Crippen molar-refractivity contribution in [1.29, 1.82) is 0 Å². The molecule has 0 atom stereocenters. The largest absolute Gasteiger partial charge is 0.337 e. The molecule has 19 heavy (non-hydrogen) atoms. The highest BCUT2D eigenvalue weighted by Gasteiger charge is 2.09. The molecule has 5 nitrogen and oxygen atoms in total. The van der Waals surface area contributed by atoms with Crippen LogP contribution in [0.1, 0.15) is 12.5 Å². The first-order chi connectivity index (χ1) is 8.84. The number of anilines is 1. The predicted molar refractivity (Wildman–Crippen MR) is 72.5 cm³/mol. The van der Waals surface area contributed by atoms with Crippen molar-refractivity contribution in [1.82, 2.24) is 5.32 Å². The summed E-state index contributed by atoms with van der Waals surface area (Å²) in [4.78, 5) is 11.5. The number of amides is 2. The molecule has 0 spiro atoms. The van der Waals surface area contributed by atoms with Crippen molar-refractivity contribution in [3.8, 4) is 0 Å². The highest BCUT2D eigenvalue weighted by Crippen LogP contribution is 2.15. The van der Waals surface area contributed by atoms with Crippen LogP contribution in [0.5, 0.6) is 0 Å². The molecule has 7 heteroatoms. The van der Waals surface area contributed by atoms with Gasteiger partial charge in [0.1, 0.15) is 5.82 Å². The number of hydrogen-bond acceptors (Lipinski definition) is 3. The van der Waals surface area contributed by atoms with Gasteiger partial charge in [0.05, 0.1) is 5.75 Å². The fourth-order valence-corrected chi connectivity index (χ4v) is 2.06. The van der Waals surface area contributed by atoms with Crippen molar-refractivity contribution in [3.63, 3.8) is 0 Å². The van der Waals surface area contributed by atoms with Gasteiger partial charge in [-0.3, -0.25) is 0 Å². The molecule has 2 amide bonds. The van der Waals surface area contributed by atoms with Crippen LogP contribution < -0.4 is 10.6 Å². The van der Waals surface area contributed by atoms with Crippen molar-refractivity contribution < 1.29 is 17.6 Å². The highest BCUT2D eigenvalue weighted by atomic mass is 32.2. The Hall–Kier alpha value is -1.63. The molecular weight excluding hydrogens is 271 g/mol. The number of sulfone groups is 1. The molecule has 106 valence electrons. The van der Waals surface area contributed by atoms with Gasteiger partial charge in [0.15, 0.2) is 9.84 Å². The molecule has 2 N–H and O–H groups in total. The minimum absolute atomic E-state index is 0.0242. The summed E-state index contributed by atoms with van der Waals surface area (Å²) in [6, 6.07) is 3.50. The van der Waals surface area contributed by atoms with Gasteiger partial charge in [0.2, 0.25) is 0 Å². The topological polar surface area (TPSA) is 75.3 Å². The molecule has 0 fully saturated rings. The first-order valence-corrected chi connectivity index (χ1v) is 7.67. The number of aryl methyl sites for hydroxylation is 1. The molecule has 1 rings (SSSR count). The highest BCUT2D eigenvalue weighted by molar-refractivity contribution is 7.91. The number of benzene rings is 1. The molecule has 0 aromatic heterocycles. The smallest absolute Gasteiger partial charge is 0.319 e. The number of nitrogens with one attached hydrogen (secondary N) is 2. The maximum atomic E-state index is 13.0. The van der Waals surface area contributed by atoms with E-state index in [1.54, 1.807) is 19.9 Å². The van der Waals surface area contributed by atoms with Crippen LogP contribution in [-0.4, -0.2) is 32.5 Å². The normalized spacial score (nSPS) is 11.1. The van der Waals surface area contributed by atoms with E-state index in [4.69, 9.17) is 0 Å². The molecule has 0 saturated carbocycles. The van der Waals surface area contributed by atoms with Crippen LogP contribution in [0.15, 0.2) is 18.2 Å². The lowest BCUT2D eigenvalue weighted by Crippen LogP contribution is -2.33. The third-order valence-electron chi connectivity index (χ3n) is 2.59. The molecule has 0 saturated heterocycles. The van der Waals surface area contributed by atoms with E-state index in [0.29, 0.717) is 5.69 Å². The van der Waals surface area contributed by atoms with E-state index in [1.165, 1.54) is 12.1 Å². The summed E-state index contributed by atoms with van der Waals surface area (Å²) in [5.41, 5.74) is 1.08. The molecule has 1 aromatic rings. The van der Waals surface area contributed by atoms with Crippen LogP contribution in [0, 0.1) is 12.7 Å². The van der Waals surface area contributed by atoms with Crippen LogP contribution >= 0.6 is 0 Å². The summed E-state index contributed by atoms with van der Waals surface area (Å²) in [6.07, 6.45) is 0. The lowest BCUT2D eigenvalue weighted by molar-refractivity contribution is 0.252. The summed E-state index contributed by atoms with van der Waals surface area (Å²) in [5, 5.41) is 4.89. The number of halogens is 1. The van der Waals surface area contributed by atoms with E-state index in [-0.39, 0.29) is 18.1 Å². The summed E-state index contributed by atoms with van der Waals surface area (Å²) < 4.78 is 35.4. The fourth-order valence-electron chi connectivity index (χ4n) is 1.36. The van der Waals surface area contributed by atoms with Crippen LogP contribution in [-0.2, 0) is 9.84 Å². The Morgan fingerprint density at radius 1 is 1.37 bits per heavy atom. The van der Waals surface area contributed by atoms with Crippen molar-refractivity contribution in [3.05, 3.63) is 29.6 Å². The third kappa shape index (κ3) is 5.25. The minimum Gasteiger partial charge on any atom is -0.337 e. The summed E-state index contributed by atoms with van der Waals surface area (Å²) in [6.45, 7) is 3.30. The van der Waals surface area contributed by atoms with E-state index in [9.17, 15) is 17.6 Å². The summed E-state index contributed by atoms with van der Waals surface area (Å²) >= 11 is 0. The summed E-state index contributed by atoms with van der Waals surface area (Å²) in [5.74, 6) is -0.521. The van der Waals surface area contributed by atoms with Gasteiger partial charge in [-0.1, -0.05) is 13.0 Å². The lowest BCUT2D eigenvalue weighted by Gasteiger charge is -2.09. The molecule has 0 aliphatic rings. The van der Waals surface area contributed by atoms with Crippen molar-refractivity contribution in [2.75, 3.05) is 23.4 Å².